The number of fused-ring (bicyclic) bond motifs is 2. The molecule has 5 rings (SSSR count). The van der Waals surface area contributed by atoms with E-state index in [2.05, 4.69) is 28.4 Å². The number of rotatable bonds is 5. The Labute approximate surface area is 183 Å². The second-order valence-corrected chi connectivity index (χ2v) is 7.99. The summed E-state index contributed by atoms with van der Waals surface area (Å²) in [5.74, 6) is -0.443. The lowest BCUT2D eigenvalue weighted by molar-refractivity contribution is 0.163. The molecule has 0 radical (unpaired) electrons. The van der Waals surface area contributed by atoms with Gasteiger partial charge in [0.2, 0.25) is 0 Å². The van der Waals surface area contributed by atoms with Crippen LogP contribution in [-0.4, -0.2) is 36.0 Å². The highest BCUT2D eigenvalue weighted by Gasteiger charge is 2.21. The Morgan fingerprint density at radius 1 is 1.34 bits per heavy atom. The summed E-state index contributed by atoms with van der Waals surface area (Å²) in [6.07, 6.45) is 4.56. The van der Waals surface area contributed by atoms with E-state index < -0.39 is 11.9 Å². The minimum atomic E-state index is -0.847. The fourth-order valence-electron chi connectivity index (χ4n) is 4.29. The number of hydrogen-bond donors (Lipinski definition) is 2. The summed E-state index contributed by atoms with van der Waals surface area (Å²) in [6.45, 7) is 4.56. The zero-order valence-corrected chi connectivity index (χ0v) is 17.6. The van der Waals surface area contributed by atoms with Crippen molar-refractivity contribution in [3.05, 3.63) is 70.7 Å². The second-order valence-electron chi connectivity index (χ2n) is 7.99. The highest BCUT2D eigenvalue weighted by Crippen LogP contribution is 2.30. The third-order valence-corrected chi connectivity index (χ3v) is 5.98. The van der Waals surface area contributed by atoms with E-state index in [0.29, 0.717) is 24.1 Å². The van der Waals surface area contributed by atoms with E-state index in [1.165, 1.54) is 17.8 Å². The molecule has 4 aromatic heterocycles. The molecule has 0 saturated heterocycles. The van der Waals surface area contributed by atoms with Crippen molar-refractivity contribution in [2.75, 3.05) is 6.54 Å². The summed E-state index contributed by atoms with van der Waals surface area (Å²) in [5.41, 5.74) is 6.59. The van der Waals surface area contributed by atoms with E-state index in [1.54, 1.807) is 10.7 Å². The lowest BCUT2D eigenvalue weighted by Gasteiger charge is -2.14. The lowest BCUT2D eigenvalue weighted by atomic mass is 9.99. The van der Waals surface area contributed by atoms with E-state index in [0.717, 1.165) is 53.7 Å². The minimum Gasteiger partial charge on any atom is -0.387 e. The molecule has 4 aromatic rings. The maximum Gasteiger partial charge on any atom is 0.141 e. The highest BCUT2D eigenvalue weighted by molar-refractivity contribution is 5.72. The molecular weight excluding hydrogens is 409 g/mol. The van der Waals surface area contributed by atoms with Gasteiger partial charge in [0, 0.05) is 24.8 Å². The van der Waals surface area contributed by atoms with Crippen LogP contribution < -0.4 is 5.32 Å². The van der Waals surface area contributed by atoms with Gasteiger partial charge in [0.15, 0.2) is 0 Å². The monoisotopic (exact) mass is 431 g/mol. The molecule has 1 atom stereocenters. The van der Waals surface area contributed by atoms with Crippen LogP contribution in [0.1, 0.15) is 40.6 Å². The average molecular weight is 431 g/mol. The summed E-state index contributed by atoms with van der Waals surface area (Å²) in [6, 6.07) is 6.99. The largest absolute Gasteiger partial charge is 0.387 e. The quantitative estimate of drug-likeness (QED) is 0.504. The number of nitriles is 1. The van der Waals surface area contributed by atoms with Crippen molar-refractivity contribution >= 4 is 5.52 Å². The fraction of sp³-hybridized carbons (Fsp3) is 0.304. The molecule has 1 aliphatic heterocycles. The van der Waals surface area contributed by atoms with Crippen molar-refractivity contribution in [2.45, 2.75) is 39.0 Å². The van der Waals surface area contributed by atoms with E-state index in [4.69, 9.17) is 5.10 Å². The smallest absolute Gasteiger partial charge is 0.141 e. The van der Waals surface area contributed by atoms with Crippen LogP contribution >= 0.6 is 0 Å². The number of nitrogens with zero attached hydrogens (tertiary/aromatic N) is 6. The third kappa shape index (κ3) is 3.53. The zero-order chi connectivity index (χ0) is 22.2. The Morgan fingerprint density at radius 2 is 2.22 bits per heavy atom. The van der Waals surface area contributed by atoms with Crippen LogP contribution in [0.15, 0.2) is 36.8 Å². The molecule has 8 nitrogen and oxygen atoms in total. The Hall–Kier alpha value is -3.61. The molecule has 0 fully saturated rings. The molecule has 5 heterocycles. The molecule has 0 bridgehead atoms. The van der Waals surface area contributed by atoms with Crippen LogP contribution in [-0.2, 0) is 19.5 Å². The predicted octanol–water partition coefficient (Wildman–Crippen LogP) is 2.68. The average Bonchev–Trinajstić information content (AvgIpc) is 3.38. The van der Waals surface area contributed by atoms with Crippen LogP contribution in [0.2, 0.25) is 0 Å². The van der Waals surface area contributed by atoms with Gasteiger partial charge >= 0.3 is 0 Å². The first-order valence-corrected chi connectivity index (χ1v) is 10.5. The molecule has 0 saturated carbocycles. The van der Waals surface area contributed by atoms with E-state index in [1.807, 2.05) is 16.9 Å². The van der Waals surface area contributed by atoms with E-state index in [-0.39, 0.29) is 0 Å². The Bertz CT molecular complexity index is 1330. The number of halogens is 1. The predicted molar refractivity (Wildman–Crippen MR) is 115 cm³/mol. The first-order chi connectivity index (χ1) is 15.5. The summed E-state index contributed by atoms with van der Waals surface area (Å²) in [7, 11) is 0. The maximum atomic E-state index is 13.2. The number of aryl methyl sites for hydroxylation is 1. The van der Waals surface area contributed by atoms with E-state index >= 15 is 0 Å². The maximum absolute atomic E-state index is 13.2. The number of aromatic nitrogens is 5. The summed E-state index contributed by atoms with van der Waals surface area (Å²) >= 11 is 0. The van der Waals surface area contributed by atoms with E-state index in [9.17, 15) is 14.8 Å². The van der Waals surface area contributed by atoms with Crippen LogP contribution in [0, 0.1) is 24.1 Å². The Kier molecular flexibility index (Phi) is 5.17. The van der Waals surface area contributed by atoms with Crippen LogP contribution in [0.3, 0.4) is 0 Å². The molecular formula is C23H22FN7O. The van der Waals surface area contributed by atoms with Crippen LogP contribution in [0.5, 0.6) is 0 Å². The van der Waals surface area contributed by atoms with Gasteiger partial charge in [0.25, 0.3) is 0 Å². The molecule has 0 spiro atoms. The molecule has 0 aliphatic carbocycles. The number of hydrogen-bond acceptors (Lipinski definition) is 6. The lowest BCUT2D eigenvalue weighted by Crippen LogP contribution is -2.28. The van der Waals surface area contributed by atoms with Gasteiger partial charge in [-0.25, -0.2) is 8.91 Å². The number of nitrogens with one attached hydrogen (secondary N) is 1. The van der Waals surface area contributed by atoms with Gasteiger partial charge in [0.1, 0.15) is 11.9 Å². The Balaban J connectivity index is 1.53. The van der Waals surface area contributed by atoms with Crippen molar-refractivity contribution in [3.63, 3.8) is 0 Å². The van der Waals surface area contributed by atoms with Crippen LogP contribution in [0.4, 0.5) is 4.39 Å². The van der Waals surface area contributed by atoms with Gasteiger partial charge in [-0.3, -0.25) is 9.67 Å². The van der Waals surface area contributed by atoms with Crippen LogP contribution in [0.25, 0.3) is 16.8 Å². The van der Waals surface area contributed by atoms with Gasteiger partial charge in [-0.15, -0.1) is 0 Å². The molecule has 0 aromatic carbocycles. The molecule has 162 valence electrons. The molecule has 2 N–H and O–H groups in total. The fourth-order valence-corrected chi connectivity index (χ4v) is 4.29. The number of aliphatic hydroxyl groups is 1. The topological polar surface area (TPSA) is 104 Å². The van der Waals surface area contributed by atoms with Gasteiger partial charge in [-0.2, -0.15) is 15.5 Å². The molecule has 1 aliphatic rings. The van der Waals surface area contributed by atoms with Crippen molar-refractivity contribution in [3.8, 4) is 17.3 Å². The Morgan fingerprint density at radius 3 is 2.97 bits per heavy atom. The highest BCUT2D eigenvalue weighted by atomic mass is 19.1. The number of pyridine rings is 2. The summed E-state index contributed by atoms with van der Waals surface area (Å²) in [4.78, 5) is 3.98. The van der Waals surface area contributed by atoms with Gasteiger partial charge in [0.05, 0.1) is 53.2 Å². The first-order valence-electron chi connectivity index (χ1n) is 10.5. The van der Waals surface area contributed by atoms with Gasteiger partial charge in [-0.05, 0) is 49.1 Å². The van der Waals surface area contributed by atoms with Gasteiger partial charge < -0.3 is 10.4 Å². The zero-order valence-electron chi connectivity index (χ0n) is 17.6. The molecule has 9 heteroatoms. The van der Waals surface area contributed by atoms with Crippen molar-refractivity contribution in [2.24, 2.45) is 0 Å². The number of aliphatic hydroxyl groups excluding tert-OH is 1. The third-order valence-electron chi connectivity index (χ3n) is 5.98. The van der Waals surface area contributed by atoms with Gasteiger partial charge in [-0.1, -0.05) is 0 Å². The molecule has 1 unspecified atom stereocenters. The molecule has 0 amide bonds. The normalized spacial score (nSPS) is 14.3. The summed E-state index contributed by atoms with van der Waals surface area (Å²) in [5, 5.41) is 32.7. The minimum absolute atomic E-state index is 0.371. The van der Waals surface area contributed by atoms with Crippen molar-refractivity contribution < 1.29 is 9.50 Å². The standard InChI is InChI=1S/C23H22FN7O/c1-14-20-12-26-6-7-30(20)29-22(14)16-8-15(23-17(9-25)10-28-31(23)13-16)2-5-21(32)19-4-3-18(24)11-27-19/h3-4,8,10-11,13,21,26,32H,2,5-7,12H2,1H3. The second kappa shape index (κ2) is 8.15. The van der Waals surface area contributed by atoms with Crippen molar-refractivity contribution in [1.29, 1.82) is 5.26 Å². The SMILES string of the molecule is Cc1c(-c2cc(CCC(O)c3ccc(F)cn3)c3c(C#N)cnn3c2)nn2c1CNCC2. The first kappa shape index (κ1) is 20.3. The molecule has 32 heavy (non-hydrogen) atoms. The van der Waals surface area contributed by atoms with Crippen molar-refractivity contribution in [1.82, 2.24) is 29.7 Å². The summed E-state index contributed by atoms with van der Waals surface area (Å²) < 4.78 is 16.9.